The number of hydrogen-bond acceptors (Lipinski definition) is 4. The lowest BCUT2D eigenvalue weighted by atomic mass is 10.1. The van der Waals surface area contributed by atoms with Crippen molar-refractivity contribution in [2.24, 2.45) is 5.92 Å². The fraction of sp³-hybridized carbons (Fsp3) is 0.579. The van der Waals surface area contributed by atoms with Crippen LogP contribution in [0.3, 0.4) is 0 Å². The number of amides is 2. The highest BCUT2D eigenvalue weighted by atomic mass is 32.1. The number of thiazole rings is 1. The van der Waals surface area contributed by atoms with Gasteiger partial charge in [0.2, 0.25) is 0 Å². The van der Waals surface area contributed by atoms with Crippen molar-refractivity contribution in [2.45, 2.75) is 46.1 Å². The van der Waals surface area contributed by atoms with E-state index in [2.05, 4.69) is 48.2 Å². The first-order valence-electron chi connectivity index (χ1n) is 9.11. The van der Waals surface area contributed by atoms with Crippen LogP contribution < -0.4 is 10.6 Å². The molecular formula is C19H28N4OS. The Hall–Kier alpha value is -1.66. The number of fused-ring (bicyclic) bond motifs is 1. The lowest BCUT2D eigenvalue weighted by Crippen LogP contribution is -2.35. The molecule has 1 saturated heterocycles. The van der Waals surface area contributed by atoms with Crippen LogP contribution in [0.4, 0.5) is 10.5 Å². The van der Waals surface area contributed by atoms with Gasteiger partial charge < -0.3 is 15.5 Å². The maximum absolute atomic E-state index is 12.2. The van der Waals surface area contributed by atoms with E-state index < -0.39 is 0 Å². The number of likely N-dealkylation sites (tertiary alicyclic amines) is 1. The molecule has 0 bridgehead atoms. The van der Waals surface area contributed by atoms with Gasteiger partial charge in [-0.15, -0.1) is 11.3 Å². The van der Waals surface area contributed by atoms with Gasteiger partial charge in [0.15, 0.2) is 0 Å². The van der Waals surface area contributed by atoms with E-state index >= 15 is 0 Å². The van der Waals surface area contributed by atoms with Crippen LogP contribution in [-0.2, 0) is 0 Å². The van der Waals surface area contributed by atoms with E-state index in [0.717, 1.165) is 47.0 Å². The molecule has 25 heavy (non-hydrogen) atoms. The van der Waals surface area contributed by atoms with Gasteiger partial charge in [0.1, 0.15) is 0 Å². The zero-order valence-corrected chi connectivity index (χ0v) is 16.3. The Morgan fingerprint density at radius 2 is 2.16 bits per heavy atom. The molecule has 2 amide bonds. The Balaban J connectivity index is 1.53. The van der Waals surface area contributed by atoms with Crippen LogP contribution in [0.2, 0.25) is 0 Å². The van der Waals surface area contributed by atoms with E-state index in [1.54, 1.807) is 11.3 Å². The van der Waals surface area contributed by atoms with Crippen LogP contribution in [0.25, 0.3) is 10.2 Å². The number of urea groups is 1. The highest BCUT2D eigenvalue weighted by Gasteiger charge is 2.24. The van der Waals surface area contributed by atoms with Crippen molar-refractivity contribution in [3.63, 3.8) is 0 Å². The number of nitrogens with one attached hydrogen (secondary N) is 2. The molecular weight excluding hydrogens is 332 g/mol. The first kappa shape index (κ1) is 18.1. The highest BCUT2D eigenvalue weighted by Crippen LogP contribution is 2.29. The summed E-state index contributed by atoms with van der Waals surface area (Å²) in [5.74, 6) is 0.972. The average Bonchev–Trinajstić information content (AvgIpc) is 3.19. The second-order valence-corrected chi connectivity index (χ2v) is 8.53. The van der Waals surface area contributed by atoms with Crippen molar-refractivity contribution in [3.05, 3.63) is 23.2 Å². The molecule has 6 heteroatoms. The van der Waals surface area contributed by atoms with Crippen LogP contribution in [0, 0.1) is 5.92 Å². The largest absolute Gasteiger partial charge is 0.338 e. The van der Waals surface area contributed by atoms with E-state index in [-0.39, 0.29) is 6.03 Å². The minimum Gasteiger partial charge on any atom is -0.338 e. The zero-order valence-electron chi connectivity index (χ0n) is 15.5. The summed E-state index contributed by atoms with van der Waals surface area (Å²) in [5.41, 5.74) is 1.82. The van der Waals surface area contributed by atoms with Crippen LogP contribution in [-0.4, -0.2) is 41.6 Å². The van der Waals surface area contributed by atoms with Gasteiger partial charge in [-0.05, 0) is 50.9 Å². The van der Waals surface area contributed by atoms with E-state index in [1.165, 1.54) is 0 Å². The Kier molecular flexibility index (Phi) is 5.59. The summed E-state index contributed by atoms with van der Waals surface area (Å²) in [5, 5.41) is 7.09. The van der Waals surface area contributed by atoms with Crippen molar-refractivity contribution in [1.29, 1.82) is 0 Å². The first-order chi connectivity index (χ1) is 11.9. The second kappa shape index (κ2) is 7.70. The van der Waals surface area contributed by atoms with E-state index in [0.29, 0.717) is 17.9 Å². The molecule has 0 radical (unpaired) electrons. The summed E-state index contributed by atoms with van der Waals surface area (Å²) >= 11 is 1.69. The second-order valence-electron chi connectivity index (χ2n) is 7.47. The van der Waals surface area contributed by atoms with Gasteiger partial charge in [0.05, 0.1) is 15.2 Å². The molecule has 1 aromatic heterocycles. The van der Waals surface area contributed by atoms with Crippen molar-refractivity contribution in [2.75, 3.05) is 25.0 Å². The Bertz CT molecular complexity index is 740. The van der Waals surface area contributed by atoms with Crippen molar-refractivity contribution < 1.29 is 4.79 Å². The number of rotatable bonds is 5. The molecule has 1 fully saturated rings. The Morgan fingerprint density at radius 3 is 2.84 bits per heavy atom. The van der Waals surface area contributed by atoms with Gasteiger partial charge in [-0.2, -0.15) is 0 Å². The molecule has 136 valence electrons. The number of hydrogen-bond donors (Lipinski definition) is 2. The topological polar surface area (TPSA) is 57.3 Å². The molecule has 3 rings (SSSR count). The third-order valence-corrected chi connectivity index (χ3v) is 6.07. The molecule has 2 N–H and O–H groups in total. The summed E-state index contributed by atoms with van der Waals surface area (Å²) < 4.78 is 1.12. The van der Waals surface area contributed by atoms with Gasteiger partial charge in [0, 0.05) is 30.7 Å². The molecule has 1 aliphatic heterocycles. The fourth-order valence-corrected chi connectivity index (χ4v) is 4.19. The summed E-state index contributed by atoms with van der Waals surface area (Å²) in [6.07, 6.45) is 1.16. The SMILES string of the molecule is CC(C)c1nc2ccc(NC(=O)NCC3CCN(C(C)C)C3)cc2s1. The molecule has 1 atom stereocenters. The molecule has 1 aliphatic rings. The number of anilines is 1. The lowest BCUT2D eigenvalue weighted by Gasteiger charge is -2.20. The standard InChI is InChI=1S/C19H28N4OS/c1-12(2)18-22-16-6-5-15(9-17(16)25-18)21-19(24)20-10-14-7-8-23(11-14)13(3)4/h5-6,9,12-14H,7-8,10-11H2,1-4H3,(H2,20,21,24). The minimum atomic E-state index is -0.129. The number of benzene rings is 1. The molecule has 0 aliphatic carbocycles. The van der Waals surface area contributed by atoms with Gasteiger partial charge in [-0.25, -0.2) is 9.78 Å². The summed E-state index contributed by atoms with van der Waals surface area (Å²) in [6.45, 7) is 11.7. The summed E-state index contributed by atoms with van der Waals surface area (Å²) in [4.78, 5) is 19.3. The van der Waals surface area contributed by atoms with Crippen molar-refractivity contribution in [3.8, 4) is 0 Å². The van der Waals surface area contributed by atoms with E-state index in [4.69, 9.17) is 0 Å². The molecule has 1 aromatic carbocycles. The van der Waals surface area contributed by atoms with Crippen LogP contribution in [0.1, 0.15) is 45.0 Å². The monoisotopic (exact) mass is 360 g/mol. The van der Waals surface area contributed by atoms with Gasteiger partial charge in [0.25, 0.3) is 0 Å². The maximum Gasteiger partial charge on any atom is 0.319 e. The normalized spacial score (nSPS) is 18.4. The third-order valence-electron chi connectivity index (χ3n) is 4.76. The van der Waals surface area contributed by atoms with Crippen LogP contribution >= 0.6 is 11.3 Å². The first-order valence-corrected chi connectivity index (χ1v) is 9.93. The summed E-state index contributed by atoms with van der Waals surface area (Å²) in [6, 6.07) is 6.36. The highest BCUT2D eigenvalue weighted by molar-refractivity contribution is 7.18. The predicted octanol–water partition coefficient (Wildman–Crippen LogP) is 4.27. The number of carbonyl (C=O) groups excluding carboxylic acids is 1. The number of aromatic nitrogens is 1. The molecule has 2 heterocycles. The molecule has 0 spiro atoms. The summed E-state index contributed by atoms with van der Waals surface area (Å²) in [7, 11) is 0. The van der Waals surface area contributed by atoms with Gasteiger partial charge in [-0.1, -0.05) is 13.8 Å². The molecule has 0 saturated carbocycles. The van der Waals surface area contributed by atoms with Crippen molar-refractivity contribution in [1.82, 2.24) is 15.2 Å². The molecule has 2 aromatic rings. The third kappa shape index (κ3) is 4.50. The Morgan fingerprint density at radius 1 is 1.36 bits per heavy atom. The van der Waals surface area contributed by atoms with Crippen molar-refractivity contribution >= 4 is 33.3 Å². The number of carbonyl (C=O) groups is 1. The fourth-order valence-electron chi connectivity index (χ4n) is 3.18. The lowest BCUT2D eigenvalue weighted by molar-refractivity contribution is 0.247. The quantitative estimate of drug-likeness (QED) is 0.837. The maximum atomic E-state index is 12.2. The molecule has 1 unspecified atom stereocenters. The van der Waals surface area contributed by atoms with Gasteiger partial charge >= 0.3 is 6.03 Å². The van der Waals surface area contributed by atoms with E-state index in [9.17, 15) is 4.79 Å². The predicted molar refractivity (Wildman–Crippen MR) is 106 cm³/mol. The minimum absolute atomic E-state index is 0.129. The van der Waals surface area contributed by atoms with Crippen LogP contribution in [0.5, 0.6) is 0 Å². The zero-order chi connectivity index (χ0) is 18.0. The average molecular weight is 361 g/mol. The van der Waals surface area contributed by atoms with Gasteiger partial charge in [-0.3, -0.25) is 0 Å². The molecule has 5 nitrogen and oxygen atoms in total. The number of nitrogens with zero attached hydrogens (tertiary/aromatic N) is 2. The van der Waals surface area contributed by atoms with Crippen LogP contribution in [0.15, 0.2) is 18.2 Å². The van der Waals surface area contributed by atoms with E-state index in [1.807, 2.05) is 18.2 Å². The Labute approximate surface area is 153 Å². The smallest absolute Gasteiger partial charge is 0.319 e.